The number of nitrogens with zero attached hydrogens (tertiary/aromatic N) is 2. The van der Waals surface area contributed by atoms with E-state index in [4.69, 9.17) is 23.2 Å². The van der Waals surface area contributed by atoms with E-state index in [0.717, 1.165) is 48.7 Å². The molecule has 44 heavy (non-hydrogen) atoms. The topological polar surface area (TPSA) is 6.48 Å². The van der Waals surface area contributed by atoms with Crippen LogP contribution in [0, 0.1) is 0 Å². The molecule has 218 valence electrons. The third kappa shape index (κ3) is 7.52. The number of halogens is 2. The summed E-state index contributed by atoms with van der Waals surface area (Å²) in [5, 5.41) is 1.42. The molecule has 0 radical (unpaired) electrons. The van der Waals surface area contributed by atoms with Gasteiger partial charge in [0.05, 0.1) is 21.4 Å². The highest BCUT2D eigenvalue weighted by Gasteiger charge is 2.16. The van der Waals surface area contributed by atoms with Crippen molar-refractivity contribution in [1.82, 2.24) is 0 Å². The third-order valence-electron chi connectivity index (χ3n) is 7.78. The maximum atomic E-state index is 7.03. The Bertz CT molecular complexity index is 1560. The van der Waals surface area contributed by atoms with E-state index in [1.807, 2.05) is 24.3 Å². The molecule has 0 spiro atoms. The second-order valence-corrected chi connectivity index (χ2v) is 11.8. The van der Waals surface area contributed by atoms with Crippen molar-refractivity contribution in [2.45, 2.75) is 26.2 Å². The summed E-state index contributed by atoms with van der Waals surface area (Å²) in [4.78, 5) is 4.66. The molecule has 0 heterocycles. The number of rotatable bonds is 11. The molecule has 6 aromatic rings. The normalized spacial score (nSPS) is 10.9. The molecule has 0 amide bonds. The van der Waals surface area contributed by atoms with E-state index in [1.54, 1.807) is 0 Å². The highest BCUT2D eigenvalue weighted by atomic mass is 35.5. The summed E-state index contributed by atoms with van der Waals surface area (Å²) in [5.74, 6) is 0. The van der Waals surface area contributed by atoms with Crippen LogP contribution in [0.3, 0.4) is 0 Å². The van der Waals surface area contributed by atoms with Crippen LogP contribution in [0.4, 0.5) is 11.4 Å². The van der Waals surface area contributed by atoms with E-state index in [1.165, 1.54) is 22.3 Å². The fourth-order valence-corrected chi connectivity index (χ4v) is 6.15. The minimum absolute atomic E-state index is 0.712. The summed E-state index contributed by atoms with van der Waals surface area (Å²) in [6, 6.07) is 54.7. The SMILES string of the molecule is Clc1cc(-c2ccc(N(Cc3ccccc3)Cc3ccccc3)c(Cl)c2)ccc1N(Cc1ccccc1)Cc1ccccc1. The van der Waals surface area contributed by atoms with Crippen LogP contribution in [0.1, 0.15) is 22.3 Å². The van der Waals surface area contributed by atoms with Gasteiger partial charge in [-0.3, -0.25) is 0 Å². The smallest absolute Gasteiger partial charge is 0.0645 e. The second kappa shape index (κ2) is 14.3. The van der Waals surface area contributed by atoms with Crippen molar-refractivity contribution in [3.63, 3.8) is 0 Å². The van der Waals surface area contributed by atoms with Crippen LogP contribution in [0.5, 0.6) is 0 Å². The summed E-state index contributed by atoms with van der Waals surface area (Å²) in [7, 11) is 0. The molecule has 0 aliphatic heterocycles. The van der Waals surface area contributed by atoms with Gasteiger partial charge in [-0.1, -0.05) is 157 Å². The minimum Gasteiger partial charge on any atom is -0.362 e. The third-order valence-corrected chi connectivity index (χ3v) is 8.38. The van der Waals surface area contributed by atoms with Gasteiger partial charge in [-0.25, -0.2) is 0 Å². The van der Waals surface area contributed by atoms with Crippen LogP contribution in [-0.4, -0.2) is 0 Å². The largest absolute Gasteiger partial charge is 0.362 e. The van der Waals surface area contributed by atoms with Gasteiger partial charge in [-0.05, 0) is 57.6 Å². The van der Waals surface area contributed by atoms with Crippen molar-refractivity contribution < 1.29 is 0 Å². The van der Waals surface area contributed by atoms with Crippen LogP contribution in [0.15, 0.2) is 158 Å². The molecule has 0 aromatic heterocycles. The summed E-state index contributed by atoms with van der Waals surface area (Å²) < 4.78 is 0. The Morgan fingerprint density at radius 3 is 0.864 bits per heavy atom. The van der Waals surface area contributed by atoms with Crippen molar-refractivity contribution in [3.05, 3.63) is 190 Å². The molecule has 0 fully saturated rings. The van der Waals surface area contributed by atoms with Gasteiger partial charge in [0.2, 0.25) is 0 Å². The Balaban J connectivity index is 1.28. The number of benzene rings is 6. The van der Waals surface area contributed by atoms with Gasteiger partial charge in [0, 0.05) is 26.2 Å². The van der Waals surface area contributed by atoms with Crippen molar-refractivity contribution in [3.8, 4) is 11.1 Å². The lowest BCUT2D eigenvalue weighted by Gasteiger charge is -2.27. The maximum Gasteiger partial charge on any atom is 0.0645 e. The van der Waals surface area contributed by atoms with Crippen LogP contribution in [-0.2, 0) is 26.2 Å². The lowest BCUT2D eigenvalue weighted by Crippen LogP contribution is -2.22. The van der Waals surface area contributed by atoms with E-state index >= 15 is 0 Å². The number of hydrogen-bond donors (Lipinski definition) is 0. The van der Waals surface area contributed by atoms with Gasteiger partial charge in [0.25, 0.3) is 0 Å². The molecule has 6 aromatic carbocycles. The lowest BCUT2D eigenvalue weighted by molar-refractivity contribution is 0.800. The monoisotopic (exact) mass is 612 g/mol. The van der Waals surface area contributed by atoms with Crippen molar-refractivity contribution in [1.29, 1.82) is 0 Å². The molecular weight excluding hydrogens is 579 g/mol. The van der Waals surface area contributed by atoms with Gasteiger partial charge in [-0.2, -0.15) is 0 Å². The minimum atomic E-state index is 0.712. The van der Waals surface area contributed by atoms with Gasteiger partial charge >= 0.3 is 0 Å². The molecule has 2 nitrogen and oxygen atoms in total. The Labute approximate surface area is 270 Å². The molecule has 6 rings (SSSR count). The fraction of sp³-hybridized carbons (Fsp3) is 0.100. The zero-order valence-corrected chi connectivity index (χ0v) is 26.0. The molecule has 0 atom stereocenters. The van der Waals surface area contributed by atoms with Gasteiger partial charge < -0.3 is 9.80 Å². The first-order valence-electron chi connectivity index (χ1n) is 14.9. The first-order valence-corrected chi connectivity index (χ1v) is 15.6. The molecule has 0 aliphatic rings. The predicted octanol–water partition coefficient (Wildman–Crippen LogP) is 11.1. The van der Waals surface area contributed by atoms with Gasteiger partial charge in [-0.15, -0.1) is 0 Å². The number of hydrogen-bond acceptors (Lipinski definition) is 2. The zero-order valence-electron chi connectivity index (χ0n) is 24.5. The Hall–Kier alpha value is -4.50. The Morgan fingerprint density at radius 1 is 0.341 bits per heavy atom. The molecule has 0 bridgehead atoms. The zero-order chi connectivity index (χ0) is 30.1. The average Bonchev–Trinajstić information content (AvgIpc) is 3.06. The highest BCUT2D eigenvalue weighted by Crippen LogP contribution is 2.37. The molecule has 0 saturated heterocycles. The van der Waals surface area contributed by atoms with Crippen molar-refractivity contribution >= 4 is 34.6 Å². The average molecular weight is 614 g/mol. The molecule has 0 N–H and O–H groups in total. The molecule has 0 unspecified atom stereocenters. The van der Waals surface area contributed by atoms with E-state index in [2.05, 4.69) is 143 Å². The molecular formula is C40H34Cl2N2. The second-order valence-electron chi connectivity index (χ2n) is 11.0. The molecule has 4 heteroatoms. The van der Waals surface area contributed by atoms with Crippen LogP contribution in [0.25, 0.3) is 11.1 Å². The molecule has 0 aliphatic carbocycles. The van der Waals surface area contributed by atoms with E-state index < -0.39 is 0 Å². The standard InChI is InChI=1S/C40H34Cl2N2/c41-37-25-35(21-23-39(37)43(27-31-13-5-1-6-14-31)28-32-15-7-2-8-16-32)36-22-24-40(38(42)26-36)44(29-33-17-9-3-10-18-33)30-34-19-11-4-12-20-34/h1-26H,27-30H2. The van der Waals surface area contributed by atoms with E-state index in [-0.39, 0.29) is 0 Å². The van der Waals surface area contributed by atoms with Gasteiger partial charge in [0.15, 0.2) is 0 Å². The van der Waals surface area contributed by atoms with E-state index in [0.29, 0.717) is 10.0 Å². The highest BCUT2D eigenvalue weighted by molar-refractivity contribution is 6.34. The lowest BCUT2D eigenvalue weighted by atomic mass is 10.0. The van der Waals surface area contributed by atoms with Gasteiger partial charge in [0.1, 0.15) is 0 Å². The predicted molar refractivity (Wildman–Crippen MR) is 187 cm³/mol. The fourth-order valence-electron chi connectivity index (χ4n) is 5.55. The number of anilines is 2. The first kappa shape index (κ1) is 29.6. The van der Waals surface area contributed by atoms with Crippen LogP contribution < -0.4 is 9.80 Å². The summed E-state index contributed by atoms with van der Waals surface area (Å²) in [6.45, 7) is 3.03. The van der Waals surface area contributed by atoms with Crippen molar-refractivity contribution in [2.75, 3.05) is 9.80 Å². The van der Waals surface area contributed by atoms with Crippen LogP contribution in [0.2, 0.25) is 10.0 Å². The molecule has 0 saturated carbocycles. The quantitative estimate of drug-likeness (QED) is 0.143. The summed E-state index contributed by atoms with van der Waals surface area (Å²) >= 11 is 14.1. The van der Waals surface area contributed by atoms with Crippen molar-refractivity contribution in [2.24, 2.45) is 0 Å². The summed E-state index contributed by atoms with van der Waals surface area (Å²) in [5.41, 5.74) is 9.02. The van der Waals surface area contributed by atoms with Crippen LogP contribution >= 0.6 is 23.2 Å². The Morgan fingerprint density at radius 2 is 0.614 bits per heavy atom. The first-order chi connectivity index (χ1) is 21.6. The Kier molecular flexibility index (Phi) is 9.62. The van der Waals surface area contributed by atoms with E-state index in [9.17, 15) is 0 Å². The maximum absolute atomic E-state index is 7.03. The summed E-state index contributed by atoms with van der Waals surface area (Å²) in [6.07, 6.45) is 0.